The van der Waals surface area contributed by atoms with Gasteiger partial charge in [0.25, 0.3) is 0 Å². The van der Waals surface area contributed by atoms with E-state index in [1.807, 2.05) is 11.8 Å². The van der Waals surface area contributed by atoms with Gasteiger partial charge in [0, 0.05) is 11.3 Å². The Morgan fingerprint density at radius 3 is 2.88 bits per heavy atom. The van der Waals surface area contributed by atoms with E-state index in [2.05, 4.69) is 21.5 Å². The molecule has 0 aliphatic heterocycles. The van der Waals surface area contributed by atoms with Crippen LogP contribution in [0.15, 0.2) is 12.5 Å². The zero-order valence-corrected chi connectivity index (χ0v) is 10.9. The largest absolute Gasteiger partial charge is 0.367 e. The third-order valence-electron chi connectivity index (χ3n) is 3.19. The van der Waals surface area contributed by atoms with Crippen LogP contribution in [0.25, 0.3) is 0 Å². The first-order chi connectivity index (χ1) is 7.76. The minimum absolute atomic E-state index is 0.369. The Balaban J connectivity index is 1.98. The predicted molar refractivity (Wildman–Crippen MR) is 70.2 cm³/mol. The van der Waals surface area contributed by atoms with Gasteiger partial charge in [0.05, 0.1) is 6.20 Å². The number of nitrogens with one attached hydrogen (secondary N) is 1. The summed E-state index contributed by atoms with van der Waals surface area (Å²) >= 11 is 7.96. The van der Waals surface area contributed by atoms with Crippen molar-refractivity contribution in [2.24, 2.45) is 0 Å². The fourth-order valence-electron chi connectivity index (χ4n) is 2.16. The van der Waals surface area contributed by atoms with Crippen LogP contribution < -0.4 is 5.32 Å². The van der Waals surface area contributed by atoms with Gasteiger partial charge in [-0.25, -0.2) is 9.97 Å². The maximum absolute atomic E-state index is 6.00. The van der Waals surface area contributed by atoms with Crippen molar-refractivity contribution in [3.8, 4) is 0 Å². The van der Waals surface area contributed by atoms with Gasteiger partial charge in [-0.05, 0) is 19.1 Å². The first-order valence-corrected chi connectivity index (χ1v) is 7.11. The van der Waals surface area contributed by atoms with Crippen molar-refractivity contribution in [3.05, 3.63) is 17.5 Å². The molecule has 1 aromatic rings. The Morgan fingerprint density at radius 1 is 1.50 bits per heavy atom. The van der Waals surface area contributed by atoms with Crippen LogP contribution >= 0.6 is 23.4 Å². The van der Waals surface area contributed by atoms with Gasteiger partial charge in [-0.15, -0.1) is 0 Å². The fourth-order valence-corrected chi connectivity index (χ4v) is 3.25. The molecule has 0 aromatic carbocycles. The second kappa shape index (κ2) is 5.23. The van der Waals surface area contributed by atoms with Crippen molar-refractivity contribution < 1.29 is 0 Å². The van der Waals surface area contributed by atoms with Crippen LogP contribution in [-0.2, 0) is 0 Å². The van der Waals surface area contributed by atoms with E-state index in [-0.39, 0.29) is 0 Å². The maximum atomic E-state index is 6.00. The van der Waals surface area contributed by atoms with E-state index in [0.717, 1.165) is 12.4 Å². The lowest BCUT2D eigenvalue weighted by atomic mass is 10.1. The molecule has 0 radical (unpaired) electrons. The number of anilines is 1. The van der Waals surface area contributed by atoms with Crippen LogP contribution in [0.4, 0.5) is 5.82 Å². The minimum Gasteiger partial charge on any atom is -0.367 e. The summed E-state index contributed by atoms with van der Waals surface area (Å²) in [6.45, 7) is 0.935. The molecule has 0 spiro atoms. The summed E-state index contributed by atoms with van der Waals surface area (Å²) in [7, 11) is 0. The molecule has 1 aliphatic carbocycles. The summed E-state index contributed by atoms with van der Waals surface area (Å²) in [6, 6.07) is 0. The van der Waals surface area contributed by atoms with Gasteiger partial charge in [0.15, 0.2) is 0 Å². The summed E-state index contributed by atoms with van der Waals surface area (Å²) in [5.74, 6) is 0.747. The van der Waals surface area contributed by atoms with Gasteiger partial charge in [-0.1, -0.05) is 24.4 Å². The highest BCUT2D eigenvalue weighted by Crippen LogP contribution is 2.40. The summed E-state index contributed by atoms with van der Waals surface area (Å²) in [5.41, 5.74) is 0. The zero-order chi connectivity index (χ0) is 11.4. The SMILES string of the molecule is CSC1(CNc2ncncc2Cl)CCCC1. The van der Waals surface area contributed by atoms with Gasteiger partial charge < -0.3 is 5.32 Å². The quantitative estimate of drug-likeness (QED) is 0.899. The van der Waals surface area contributed by atoms with Crippen molar-refractivity contribution in [1.29, 1.82) is 0 Å². The van der Waals surface area contributed by atoms with Crippen LogP contribution in [0, 0.1) is 0 Å². The number of rotatable bonds is 4. The Bertz CT molecular complexity index is 353. The monoisotopic (exact) mass is 257 g/mol. The number of hydrogen-bond acceptors (Lipinski definition) is 4. The normalized spacial score (nSPS) is 18.6. The van der Waals surface area contributed by atoms with Crippen molar-refractivity contribution in [3.63, 3.8) is 0 Å². The molecule has 3 nitrogen and oxygen atoms in total. The van der Waals surface area contributed by atoms with Crippen molar-refractivity contribution >= 4 is 29.2 Å². The maximum Gasteiger partial charge on any atom is 0.148 e. The Morgan fingerprint density at radius 2 is 2.25 bits per heavy atom. The van der Waals surface area contributed by atoms with E-state index in [0.29, 0.717) is 9.77 Å². The number of nitrogens with zero attached hydrogens (tertiary/aromatic N) is 2. The lowest BCUT2D eigenvalue weighted by Gasteiger charge is -2.27. The summed E-state index contributed by atoms with van der Waals surface area (Å²) in [5, 5.41) is 3.94. The summed E-state index contributed by atoms with van der Waals surface area (Å²) in [4.78, 5) is 8.02. The molecule has 1 aromatic heterocycles. The molecule has 1 heterocycles. The highest BCUT2D eigenvalue weighted by molar-refractivity contribution is 8.00. The fraction of sp³-hybridized carbons (Fsp3) is 0.636. The number of hydrogen-bond donors (Lipinski definition) is 1. The standard InChI is InChI=1S/C11H16ClN3S/c1-16-11(4-2-3-5-11)7-14-10-9(12)6-13-8-15-10/h6,8H,2-5,7H2,1H3,(H,13,14,15). The molecule has 16 heavy (non-hydrogen) atoms. The van der Waals surface area contributed by atoms with Gasteiger partial charge in [0.2, 0.25) is 0 Å². The van der Waals surface area contributed by atoms with Crippen molar-refractivity contribution in [2.75, 3.05) is 18.1 Å². The lowest BCUT2D eigenvalue weighted by Crippen LogP contribution is -2.30. The Hall–Kier alpha value is -0.480. The molecular formula is C11H16ClN3S. The molecule has 2 rings (SSSR count). The molecule has 0 saturated heterocycles. The Labute approximate surface area is 105 Å². The molecule has 0 atom stereocenters. The van der Waals surface area contributed by atoms with E-state index < -0.39 is 0 Å². The Kier molecular flexibility index (Phi) is 3.92. The average molecular weight is 258 g/mol. The average Bonchev–Trinajstić information content (AvgIpc) is 2.78. The molecule has 0 bridgehead atoms. The second-order valence-electron chi connectivity index (χ2n) is 4.17. The van der Waals surface area contributed by atoms with Crippen LogP contribution in [0.2, 0.25) is 5.02 Å². The third-order valence-corrected chi connectivity index (χ3v) is 4.89. The van der Waals surface area contributed by atoms with Gasteiger partial charge in [-0.2, -0.15) is 11.8 Å². The molecule has 1 N–H and O–H groups in total. The molecule has 1 saturated carbocycles. The second-order valence-corrected chi connectivity index (χ2v) is 5.85. The van der Waals surface area contributed by atoms with E-state index in [4.69, 9.17) is 11.6 Å². The van der Waals surface area contributed by atoms with Gasteiger partial charge in [-0.3, -0.25) is 0 Å². The minimum atomic E-state index is 0.369. The van der Waals surface area contributed by atoms with E-state index >= 15 is 0 Å². The first kappa shape index (κ1) is 12.0. The number of halogens is 1. The predicted octanol–water partition coefficient (Wildman–Crippen LogP) is 3.22. The molecule has 1 aliphatic rings. The van der Waals surface area contributed by atoms with Crippen LogP contribution in [0.5, 0.6) is 0 Å². The molecule has 0 amide bonds. The first-order valence-electron chi connectivity index (χ1n) is 5.50. The van der Waals surface area contributed by atoms with Crippen LogP contribution in [0.3, 0.4) is 0 Å². The number of thioether (sulfide) groups is 1. The van der Waals surface area contributed by atoms with Gasteiger partial charge in [0.1, 0.15) is 17.2 Å². The van der Waals surface area contributed by atoms with E-state index in [9.17, 15) is 0 Å². The molecule has 88 valence electrons. The summed E-state index contributed by atoms with van der Waals surface area (Å²) < 4.78 is 0.369. The van der Waals surface area contributed by atoms with E-state index in [1.165, 1.54) is 32.0 Å². The van der Waals surface area contributed by atoms with E-state index in [1.54, 1.807) is 6.20 Å². The molecule has 0 unspecified atom stereocenters. The molecule has 1 fully saturated rings. The molecular weight excluding hydrogens is 242 g/mol. The highest BCUT2D eigenvalue weighted by atomic mass is 35.5. The van der Waals surface area contributed by atoms with Gasteiger partial charge >= 0.3 is 0 Å². The number of aromatic nitrogens is 2. The van der Waals surface area contributed by atoms with Crippen LogP contribution in [-0.4, -0.2) is 27.5 Å². The highest BCUT2D eigenvalue weighted by Gasteiger charge is 2.32. The smallest absolute Gasteiger partial charge is 0.148 e. The van der Waals surface area contributed by atoms with Crippen LogP contribution in [0.1, 0.15) is 25.7 Å². The summed E-state index contributed by atoms with van der Waals surface area (Å²) in [6.07, 6.45) is 10.6. The van der Waals surface area contributed by atoms with Crippen molar-refractivity contribution in [2.45, 2.75) is 30.4 Å². The topological polar surface area (TPSA) is 37.8 Å². The molecule has 5 heteroatoms. The lowest BCUT2D eigenvalue weighted by molar-refractivity contribution is 0.638. The third kappa shape index (κ3) is 2.61. The zero-order valence-electron chi connectivity index (χ0n) is 9.37. The van der Waals surface area contributed by atoms with Crippen molar-refractivity contribution in [1.82, 2.24) is 9.97 Å².